The maximum Gasteiger partial charge on any atom is 0.261 e. The summed E-state index contributed by atoms with van der Waals surface area (Å²) in [5.74, 6) is -0.660. The first-order valence-corrected chi connectivity index (χ1v) is 10.1. The number of nitrogens with zero attached hydrogens (tertiary/aromatic N) is 1. The monoisotopic (exact) mass is 443 g/mol. The Morgan fingerprint density at radius 3 is 2.46 bits per heavy atom. The minimum absolute atomic E-state index is 0.0703. The van der Waals surface area contributed by atoms with Crippen LogP contribution in [0, 0.1) is 0 Å². The highest BCUT2D eigenvalue weighted by Crippen LogP contribution is 2.26. The third-order valence-electron chi connectivity index (χ3n) is 4.50. The molecule has 146 valence electrons. The molecule has 2 aromatic carbocycles. The SMILES string of the molecule is O=C(CCCN1C(=O)c2ccc(Br)cc2C1=O)NCCCNc1ccccc1. The molecular formula is C21H22BrN3O3. The second-order valence-corrected chi connectivity index (χ2v) is 7.47. The van der Waals surface area contributed by atoms with Crippen LogP contribution in [0.2, 0.25) is 0 Å². The largest absolute Gasteiger partial charge is 0.385 e. The highest BCUT2D eigenvalue weighted by Gasteiger charge is 2.35. The molecule has 0 saturated carbocycles. The first-order chi connectivity index (χ1) is 13.6. The zero-order chi connectivity index (χ0) is 19.9. The zero-order valence-corrected chi connectivity index (χ0v) is 17.0. The molecule has 0 aromatic heterocycles. The number of hydrogen-bond acceptors (Lipinski definition) is 4. The molecule has 6 nitrogen and oxygen atoms in total. The van der Waals surface area contributed by atoms with Gasteiger partial charge >= 0.3 is 0 Å². The van der Waals surface area contributed by atoms with Gasteiger partial charge in [-0.1, -0.05) is 34.1 Å². The van der Waals surface area contributed by atoms with Crippen molar-refractivity contribution in [3.8, 4) is 0 Å². The standard InChI is InChI=1S/C21H22BrN3O3/c22-15-9-10-17-18(14-15)21(28)25(20(17)27)13-4-8-19(26)24-12-5-11-23-16-6-2-1-3-7-16/h1-3,6-7,9-10,14,23H,4-5,8,11-13H2,(H,24,26). The van der Waals surface area contributed by atoms with Crippen LogP contribution in [0.25, 0.3) is 0 Å². The quantitative estimate of drug-likeness (QED) is 0.459. The molecule has 3 amide bonds. The number of carbonyl (C=O) groups excluding carboxylic acids is 3. The summed E-state index contributed by atoms with van der Waals surface area (Å²) in [6.07, 6.45) is 1.54. The predicted octanol–water partition coefficient (Wildman–Crippen LogP) is 3.44. The zero-order valence-electron chi connectivity index (χ0n) is 15.4. The minimum Gasteiger partial charge on any atom is -0.385 e. The smallest absolute Gasteiger partial charge is 0.261 e. The van der Waals surface area contributed by atoms with Crippen molar-refractivity contribution in [2.75, 3.05) is 25.0 Å². The van der Waals surface area contributed by atoms with Gasteiger partial charge in [0, 0.05) is 36.2 Å². The maximum atomic E-state index is 12.4. The van der Waals surface area contributed by atoms with Crippen LogP contribution in [-0.2, 0) is 4.79 Å². The van der Waals surface area contributed by atoms with Crippen molar-refractivity contribution in [2.24, 2.45) is 0 Å². The molecule has 7 heteroatoms. The number of rotatable bonds is 9. The van der Waals surface area contributed by atoms with Gasteiger partial charge in [-0.15, -0.1) is 0 Å². The molecule has 0 bridgehead atoms. The van der Waals surface area contributed by atoms with Gasteiger partial charge in [0.1, 0.15) is 0 Å². The fraction of sp³-hybridized carbons (Fsp3) is 0.286. The van der Waals surface area contributed by atoms with Crippen molar-refractivity contribution in [1.82, 2.24) is 10.2 Å². The van der Waals surface area contributed by atoms with Crippen molar-refractivity contribution >= 4 is 39.3 Å². The van der Waals surface area contributed by atoms with E-state index in [4.69, 9.17) is 0 Å². The fourth-order valence-corrected chi connectivity index (χ4v) is 3.42. The number of halogens is 1. The fourth-order valence-electron chi connectivity index (χ4n) is 3.06. The molecule has 2 aromatic rings. The molecule has 0 aliphatic carbocycles. The average Bonchev–Trinajstić information content (AvgIpc) is 2.93. The molecule has 1 heterocycles. The second-order valence-electron chi connectivity index (χ2n) is 6.55. The number of hydrogen-bond donors (Lipinski definition) is 2. The van der Waals surface area contributed by atoms with E-state index >= 15 is 0 Å². The van der Waals surface area contributed by atoms with E-state index in [-0.39, 0.29) is 30.7 Å². The number of imide groups is 1. The number of benzene rings is 2. The highest BCUT2D eigenvalue weighted by molar-refractivity contribution is 9.10. The molecule has 28 heavy (non-hydrogen) atoms. The van der Waals surface area contributed by atoms with E-state index in [2.05, 4.69) is 26.6 Å². The van der Waals surface area contributed by atoms with E-state index in [1.54, 1.807) is 18.2 Å². The normalized spacial score (nSPS) is 12.8. The average molecular weight is 444 g/mol. The first-order valence-electron chi connectivity index (χ1n) is 9.27. The topological polar surface area (TPSA) is 78.5 Å². The molecule has 1 aliphatic heterocycles. The van der Waals surface area contributed by atoms with E-state index < -0.39 is 0 Å². The van der Waals surface area contributed by atoms with Crippen LogP contribution in [0.3, 0.4) is 0 Å². The molecular weight excluding hydrogens is 422 g/mol. The third-order valence-corrected chi connectivity index (χ3v) is 4.99. The van der Waals surface area contributed by atoms with E-state index in [0.717, 1.165) is 23.1 Å². The van der Waals surface area contributed by atoms with E-state index in [0.29, 0.717) is 24.1 Å². The van der Waals surface area contributed by atoms with Gasteiger partial charge in [0.2, 0.25) is 5.91 Å². The summed E-state index contributed by atoms with van der Waals surface area (Å²) in [6.45, 7) is 1.60. The minimum atomic E-state index is -0.298. The van der Waals surface area contributed by atoms with Gasteiger partial charge in [0.25, 0.3) is 11.8 Å². The number of para-hydroxylation sites is 1. The molecule has 0 radical (unpaired) electrons. The lowest BCUT2D eigenvalue weighted by Crippen LogP contribution is -2.32. The number of anilines is 1. The number of carbonyl (C=O) groups is 3. The summed E-state index contributed by atoms with van der Waals surface area (Å²) < 4.78 is 0.760. The molecule has 0 fully saturated rings. The predicted molar refractivity (Wildman–Crippen MR) is 111 cm³/mol. The van der Waals surface area contributed by atoms with Crippen LogP contribution in [0.5, 0.6) is 0 Å². The van der Waals surface area contributed by atoms with Crippen LogP contribution in [0.4, 0.5) is 5.69 Å². The van der Waals surface area contributed by atoms with Gasteiger partial charge in [-0.05, 0) is 43.2 Å². The van der Waals surface area contributed by atoms with Gasteiger partial charge in [0.15, 0.2) is 0 Å². The van der Waals surface area contributed by atoms with Gasteiger partial charge in [-0.3, -0.25) is 19.3 Å². The van der Waals surface area contributed by atoms with Crippen LogP contribution >= 0.6 is 15.9 Å². The summed E-state index contributed by atoms with van der Waals surface area (Å²) in [6, 6.07) is 14.9. The Hall–Kier alpha value is -2.67. The third kappa shape index (κ3) is 4.98. The van der Waals surface area contributed by atoms with Gasteiger partial charge in [0.05, 0.1) is 11.1 Å². The molecule has 3 rings (SSSR count). The van der Waals surface area contributed by atoms with Crippen LogP contribution in [-0.4, -0.2) is 42.3 Å². The van der Waals surface area contributed by atoms with Crippen molar-refractivity contribution in [1.29, 1.82) is 0 Å². The summed E-state index contributed by atoms with van der Waals surface area (Å²) in [4.78, 5) is 37.9. The van der Waals surface area contributed by atoms with E-state index in [1.165, 1.54) is 4.90 Å². The molecule has 0 unspecified atom stereocenters. The Balaban J connectivity index is 1.33. The summed E-state index contributed by atoms with van der Waals surface area (Å²) in [7, 11) is 0. The molecule has 0 atom stereocenters. The first kappa shape index (κ1) is 20.1. The Morgan fingerprint density at radius 2 is 1.68 bits per heavy atom. The van der Waals surface area contributed by atoms with Crippen LogP contribution in [0.1, 0.15) is 40.0 Å². The molecule has 1 aliphatic rings. The lowest BCUT2D eigenvalue weighted by Gasteiger charge is -2.13. The molecule has 0 saturated heterocycles. The van der Waals surface area contributed by atoms with Crippen molar-refractivity contribution in [3.63, 3.8) is 0 Å². The van der Waals surface area contributed by atoms with Gasteiger partial charge in [-0.2, -0.15) is 0 Å². The number of fused-ring (bicyclic) bond motifs is 1. The lowest BCUT2D eigenvalue weighted by atomic mass is 10.1. The maximum absolute atomic E-state index is 12.4. The van der Waals surface area contributed by atoms with Crippen molar-refractivity contribution < 1.29 is 14.4 Å². The van der Waals surface area contributed by atoms with Gasteiger partial charge < -0.3 is 10.6 Å². The molecule has 2 N–H and O–H groups in total. The Bertz CT molecular complexity index is 870. The van der Waals surface area contributed by atoms with Crippen molar-refractivity contribution in [2.45, 2.75) is 19.3 Å². The van der Waals surface area contributed by atoms with E-state index in [1.807, 2.05) is 30.3 Å². The van der Waals surface area contributed by atoms with Crippen LogP contribution in [0.15, 0.2) is 53.0 Å². The Labute approximate surface area is 172 Å². The van der Waals surface area contributed by atoms with Gasteiger partial charge in [-0.25, -0.2) is 0 Å². The number of amides is 3. The summed E-state index contributed by atoms with van der Waals surface area (Å²) in [5.41, 5.74) is 1.89. The summed E-state index contributed by atoms with van der Waals surface area (Å²) >= 11 is 3.31. The Morgan fingerprint density at radius 1 is 0.929 bits per heavy atom. The Kier molecular flexibility index (Phi) is 6.81. The molecule has 0 spiro atoms. The second kappa shape index (κ2) is 9.50. The van der Waals surface area contributed by atoms with Crippen molar-refractivity contribution in [3.05, 3.63) is 64.1 Å². The highest BCUT2D eigenvalue weighted by atomic mass is 79.9. The van der Waals surface area contributed by atoms with E-state index in [9.17, 15) is 14.4 Å². The lowest BCUT2D eigenvalue weighted by molar-refractivity contribution is -0.121. The van der Waals surface area contributed by atoms with Crippen LogP contribution < -0.4 is 10.6 Å². The number of nitrogens with one attached hydrogen (secondary N) is 2. The summed E-state index contributed by atoms with van der Waals surface area (Å²) in [5, 5.41) is 6.15.